The smallest absolute Gasteiger partial charge is 0.247 e. The molecule has 1 aromatic carbocycles. The second-order valence-electron chi connectivity index (χ2n) is 9.10. The van der Waals surface area contributed by atoms with E-state index in [0.717, 1.165) is 37.3 Å². The van der Waals surface area contributed by atoms with Gasteiger partial charge in [-0.3, -0.25) is 9.59 Å². The van der Waals surface area contributed by atoms with Crippen molar-refractivity contribution in [3.63, 3.8) is 0 Å². The Kier molecular flexibility index (Phi) is 5.98. The largest absolute Gasteiger partial charge is 0.372 e. The fraction of sp³-hybridized carbons (Fsp3) is 0.636. The van der Waals surface area contributed by atoms with E-state index >= 15 is 0 Å². The monoisotopic (exact) mass is 387 g/mol. The van der Waals surface area contributed by atoms with Crippen molar-refractivity contribution in [1.82, 2.24) is 4.90 Å². The molecule has 3 unspecified atom stereocenters. The normalized spacial score (nSPS) is 25.7. The summed E-state index contributed by atoms with van der Waals surface area (Å²) in [5.74, 6) is -0.0625. The van der Waals surface area contributed by atoms with Gasteiger partial charge in [0.15, 0.2) is 0 Å². The molecule has 2 fully saturated rings. The van der Waals surface area contributed by atoms with Crippen LogP contribution in [0.3, 0.4) is 0 Å². The number of carbonyl (C=O) groups is 2. The molecule has 6 heteroatoms. The average molecular weight is 388 g/mol. The van der Waals surface area contributed by atoms with Gasteiger partial charge in [0.1, 0.15) is 6.04 Å². The van der Waals surface area contributed by atoms with E-state index in [0.29, 0.717) is 6.54 Å². The van der Waals surface area contributed by atoms with E-state index in [1.54, 1.807) is 4.90 Å². The van der Waals surface area contributed by atoms with Gasteiger partial charge in [-0.2, -0.15) is 0 Å². The Morgan fingerprint density at radius 1 is 1.07 bits per heavy atom. The zero-order chi connectivity index (χ0) is 20.5. The summed E-state index contributed by atoms with van der Waals surface area (Å²) < 4.78 is 5.79. The molecular formula is C22H33N3O3. The summed E-state index contributed by atoms with van der Waals surface area (Å²) >= 11 is 0. The molecule has 3 rings (SSSR count). The van der Waals surface area contributed by atoms with Gasteiger partial charge < -0.3 is 19.9 Å². The van der Waals surface area contributed by atoms with Crippen LogP contribution in [0.25, 0.3) is 0 Å². The number of hydrogen-bond donors (Lipinski definition) is 1. The van der Waals surface area contributed by atoms with Gasteiger partial charge >= 0.3 is 0 Å². The fourth-order valence-corrected chi connectivity index (χ4v) is 4.08. The molecule has 154 valence electrons. The van der Waals surface area contributed by atoms with E-state index < -0.39 is 5.41 Å². The van der Waals surface area contributed by atoms with E-state index in [4.69, 9.17) is 4.74 Å². The first kappa shape index (κ1) is 20.6. The maximum Gasteiger partial charge on any atom is 0.247 e. The van der Waals surface area contributed by atoms with Crippen LogP contribution >= 0.6 is 0 Å². The second kappa shape index (κ2) is 8.11. The quantitative estimate of drug-likeness (QED) is 0.865. The summed E-state index contributed by atoms with van der Waals surface area (Å²) in [4.78, 5) is 29.5. The molecule has 1 N–H and O–H groups in total. The van der Waals surface area contributed by atoms with Crippen LogP contribution in [0, 0.1) is 5.41 Å². The highest BCUT2D eigenvalue weighted by Gasteiger charge is 2.38. The molecule has 2 saturated heterocycles. The molecule has 28 heavy (non-hydrogen) atoms. The summed E-state index contributed by atoms with van der Waals surface area (Å²) in [7, 11) is 0. The summed E-state index contributed by atoms with van der Waals surface area (Å²) in [5, 5.41) is 2.99. The van der Waals surface area contributed by atoms with Crippen molar-refractivity contribution in [2.24, 2.45) is 5.41 Å². The third kappa shape index (κ3) is 4.66. The Bertz CT molecular complexity index is 701. The van der Waals surface area contributed by atoms with Crippen LogP contribution in [0.1, 0.15) is 47.5 Å². The molecule has 2 aliphatic heterocycles. The number of anilines is 2. The highest BCUT2D eigenvalue weighted by molar-refractivity contribution is 5.98. The van der Waals surface area contributed by atoms with Gasteiger partial charge in [-0.05, 0) is 51.0 Å². The van der Waals surface area contributed by atoms with Gasteiger partial charge in [0.05, 0.1) is 12.2 Å². The molecule has 2 aliphatic rings. The molecule has 1 aromatic rings. The zero-order valence-corrected chi connectivity index (χ0v) is 17.7. The van der Waals surface area contributed by atoms with E-state index in [1.807, 2.05) is 45.0 Å². The Hall–Kier alpha value is -2.08. The minimum absolute atomic E-state index is 0.0380. The average Bonchev–Trinajstić information content (AvgIpc) is 3.09. The van der Waals surface area contributed by atoms with Crippen LogP contribution in [0.5, 0.6) is 0 Å². The van der Waals surface area contributed by atoms with E-state index in [1.165, 1.54) is 0 Å². The minimum Gasteiger partial charge on any atom is -0.372 e. The van der Waals surface area contributed by atoms with Crippen molar-refractivity contribution in [1.29, 1.82) is 0 Å². The molecule has 0 spiro atoms. The van der Waals surface area contributed by atoms with Crippen molar-refractivity contribution in [3.05, 3.63) is 24.3 Å². The number of nitrogens with zero attached hydrogens (tertiary/aromatic N) is 2. The lowest BCUT2D eigenvalue weighted by molar-refractivity contribution is -0.143. The SMILES string of the molecule is CC1CN(c2ccc(NC(=O)C3CCCN3C(=O)C(C)(C)C)cc2)CC(C)O1. The highest BCUT2D eigenvalue weighted by atomic mass is 16.5. The van der Waals surface area contributed by atoms with Gasteiger partial charge in [0.2, 0.25) is 11.8 Å². The lowest BCUT2D eigenvalue weighted by Crippen LogP contribution is -2.47. The van der Waals surface area contributed by atoms with Crippen LogP contribution < -0.4 is 10.2 Å². The molecule has 2 amide bonds. The van der Waals surface area contributed by atoms with Crippen LogP contribution in [0.4, 0.5) is 11.4 Å². The van der Waals surface area contributed by atoms with E-state index in [9.17, 15) is 9.59 Å². The molecule has 6 nitrogen and oxygen atoms in total. The number of carbonyl (C=O) groups excluding carboxylic acids is 2. The van der Waals surface area contributed by atoms with Crippen molar-refractivity contribution >= 4 is 23.2 Å². The number of benzene rings is 1. The van der Waals surface area contributed by atoms with Crippen LogP contribution in [0.2, 0.25) is 0 Å². The number of likely N-dealkylation sites (tertiary alicyclic amines) is 1. The zero-order valence-electron chi connectivity index (χ0n) is 17.7. The van der Waals surface area contributed by atoms with Crippen molar-refractivity contribution < 1.29 is 14.3 Å². The lowest BCUT2D eigenvalue weighted by Gasteiger charge is -2.37. The van der Waals surface area contributed by atoms with Crippen LogP contribution in [0.15, 0.2) is 24.3 Å². The summed E-state index contributed by atoms with van der Waals surface area (Å²) in [6.07, 6.45) is 2.00. The van der Waals surface area contributed by atoms with Crippen molar-refractivity contribution in [3.8, 4) is 0 Å². The number of nitrogens with one attached hydrogen (secondary N) is 1. The summed E-state index contributed by atoms with van der Waals surface area (Å²) in [5.41, 5.74) is 1.42. The maximum atomic E-state index is 12.8. The fourth-order valence-electron chi connectivity index (χ4n) is 4.08. The third-order valence-corrected chi connectivity index (χ3v) is 5.38. The number of ether oxygens (including phenoxy) is 1. The first-order valence-electron chi connectivity index (χ1n) is 10.3. The topological polar surface area (TPSA) is 61.9 Å². The van der Waals surface area contributed by atoms with Crippen molar-refractivity contribution in [2.75, 3.05) is 29.9 Å². The molecule has 3 atom stereocenters. The van der Waals surface area contributed by atoms with Gasteiger partial charge in [0, 0.05) is 36.4 Å². The molecular weight excluding hydrogens is 354 g/mol. The minimum atomic E-state index is -0.475. The molecule has 0 radical (unpaired) electrons. The second-order valence-corrected chi connectivity index (χ2v) is 9.10. The molecule has 0 bridgehead atoms. The number of morpholine rings is 1. The van der Waals surface area contributed by atoms with Gasteiger partial charge in [-0.15, -0.1) is 0 Å². The lowest BCUT2D eigenvalue weighted by atomic mass is 9.94. The molecule has 0 saturated carbocycles. The number of hydrogen-bond acceptors (Lipinski definition) is 4. The number of amides is 2. The maximum absolute atomic E-state index is 12.8. The molecule has 2 heterocycles. The van der Waals surface area contributed by atoms with Gasteiger partial charge in [-0.25, -0.2) is 0 Å². The van der Waals surface area contributed by atoms with Gasteiger partial charge in [0.25, 0.3) is 0 Å². The highest BCUT2D eigenvalue weighted by Crippen LogP contribution is 2.27. The van der Waals surface area contributed by atoms with Crippen LogP contribution in [-0.2, 0) is 14.3 Å². The van der Waals surface area contributed by atoms with Gasteiger partial charge in [-0.1, -0.05) is 20.8 Å². The summed E-state index contributed by atoms with van der Waals surface area (Å²) in [6.45, 7) is 12.2. The Labute approximate surface area is 168 Å². The number of rotatable bonds is 3. The molecule has 0 aliphatic carbocycles. The third-order valence-electron chi connectivity index (χ3n) is 5.38. The predicted molar refractivity (Wildman–Crippen MR) is 111 cm³/mol. The standard InChI is InChI=1S/C22H33N3O3/c1-15-13-24(14-16(2)28-15)18-10-8-17(9-11-18)23-20(26)19-7-6-12-25(19)21(27)22(3,4)5/h8-11,15-16,19H,6-7,12-14H2,1-5H3,(H,23,26). The first-order chi connectivity index (χ1) is 13.1. The first-order valence-corrected chi connectivity index (χ1v) is 10.3. The summed E-state index contributed by atoms with van der Waals surface area (Å²) in [6, 6.07) is 7.55. The predicted octanol–water partition coefficient (Wildman–Crippen LogP) is 3.28. The Morgan fingerprint density at radius 3 is 2.25 bits per heavy atom. The van der Waals surface area contributed by atoms with Crippen molar-refractivity contribution in [2.45, 2.75) is 65.7 Å². The Balaban J connectivity index is 1.63. The van der Waals surface area contributed by atoms with E-state index in [-0.39, 0.29) is 30.1 Å². The Morgan fingerprint density at radius 2 is 1.68 bits per heavy atom. The molecule has 0 aromatic heterocycles. The van der Waals surface area contributed by atoms with E-state index in [2.05, 4.69) is 24.1 Å². The van der Waals surface area contributed by atoms with Crippen LogP contribution in [-0.4, -0.2) is 54.6 Å².